The van der Waals surface area contributed by atoms with Crippen LogP contribution in [0.1, 0.15) is 19.3 Å². The highest BCUT2D eigenvalue weighted by molar-refractivity contribution is 5.79. The van der Waals surface area contributed by atoms with Gasteiger partial charge in [-0.1, -0.05) is 6.42 Å². The van der Waals surface area contributed by atoms with Crippen molar-refractivity contribution in [3.05, 3.63) is 47.0 Å². The number of carbonyl (C=O) groups excluding carboxylic acids is 1. The Hall–Kier alpha value is -2.63. The maximum Gasteiger partial charge on any atom is 0.253 e. The number of methoxy groups -OCH3 is 1. The molecule has 1 fully saturated rings. The Morgan fingerprint density at radius 2 is 2.08 bits per heavy atom. The second-order valence-electron chi connectivity index (χ2n) is 5.95. The predicted molar refractivity (Wildman–Crippen MR) is 90.8 cm³/mol. The van der Waals surface area contributed by atoms with Crippen molar-refractivity contribution in [2.75, 3.05) is 13.7 Å². The van der Waals surface area contributed by atoms with E-state index >= 15 is 0 Å². The van der Waals surface area contributed by atoms with Crippen molar-refractivity contribution in [3.8, 4) is 17.0 Å². The number of nitrogens with zero attached hydrogens (tertiary/aromatic N) is 2. The Kier molecular flexibility index (Phi) is 4.93. The molecule has 6 heteroatoms. The van der Waals surface area contributed by atoms with E-state index in [-0.39, 0.29) is 17.4 Å². The second kappa shape index (κ2) is 7.29. The van der Waals surface area contributed by atoms with E-state index in [1.54, 1.807) is 7.11 Å². The van der Waals surface area contributed by atoms with E-state index < -0.39 is 0 Å². The van der Waals surface area contributed by atoms with Crippen molar-refractivity contribution in [2.45, 2.75) is 25.8 Å². The molecule has 24 heavy (non-hydrogen) atoms. The lowest BCUT2D eigenvalue weighted by atomic mass is 9.85. The zero-order chi connectivity index (χ0) is 16.9. The average Bonchev–Trinajstić information content (AvgIpc) is 2.55. The summed E-state index contributed by atoms with van der Waals surface area (Å²) >= 11 is 0. The minimum atomic E-state index is -0.131. The van der Waals surface area contributed by atoms with Crippen LogP contribution in [0.25, 0.3) is 11.3 Å². The maximum absolute atomic E-state index is 12.2. The summed E-state index contributed by atoms with van der Waals surface area (Å²) in [4.78, 5) is 28.3. The summed E-state index contributed by atoms with van der Waals surface area (Å²) in [6.07, 6.45) is 4.61. The Bertz CT molecular complexity index is 764. The van der Waals surface area contributed by atoms with Crippen molar-refractivity contribution in [1.82, 2.24) is 14.9 Å². The minimum Gasteiger partial charge on any atom is -0.497 e. The molecule has 1 N–H and O–H groups in total. The molecule has 126 valence electrons. The van der Waals surface area contributed by atoms with Crippen LogP contribution >= 0.6 is 0 Å². The molecule has 1 aliphatic carbocycles. The number of aromatic nitrogens is 2. The molecule has 0 unspecified atom stereocenters. The van der Waals surface area contributed by atoms with Crippen LogP contribution in [-0.4, -0.2) is 29.1 Å². The van der Waals surface area contributed by atoms with Gasteiger partial charge in [0, 0.05) is 30.6 Å². The van der Waals surface area contributed by atoms with Gasteiger partial charge in [-0.2, -0.15) is 0 Å². The van der Waals surface area contributed by atoms with Crippen molar-refractivity contribution in [3.63, 3.8) is 0 Å². The minimum absolute atomic E-state index is 0.0945. The molecular formula is C18H21N3O3. The molecule has 0 atom stereocenters. The van der Waals surface area contributed by atoms with Gasteiger partial charge in [0.1, 0.15) is 5.75 Å². The SMILES string of the molecule is COc1ccc(-c2cc(=O)n(CCNC(=O)C3CCC3)cn2)cc1. The Labute approximate surface area is 140 Å². The van der Waals surface area contributed by atoms with Crippen LogP contribution in [0.4, 0.5) is 0 Å². The van der Waals surface area contributed by atoms with Gasteiger partial charge in [0.2, 0.25) is 5.91 Å². The van der Waals surface area contributed by atoms with E-state index in [9.17, 15) is 9.59 Å². The molecule has 1 aromatic heterocycles. The first kappa shape index (κ1) is 16.2. The highest BCUT2D eigenvalue weighted by atomic mass is 16.5. The first-order valence-electron chi connectivity index (χ1n) is 8.16. The molecule has 0 spiro atoms. The van der Waals surface area contributed by atoms with Gasteiger partial charge < -0.3 is 10.1 Å². The topological polar surface area (TPSA) is 73.2 Å². The van der Waals surface area contributed by atoms with E-state index in [0.29, 0.717) is 18.8 Å². The second-order valence-corrected chi connectivity index (χ2v) is 5.95. The van der Waals surface area contributed by atoms with E-state index in [1.807, 2.05) is 24.3 Å². The molecule has 1 heterocycles. The largest absolute Gasteiger partial charge is 0.497 e. The van der Waals surface area contributed by atoms with Gasteiger partial charge in [0.15, 0.2) is 0 Å². The molecule has 1 amide bonds. The fraction of sp³-hybridized carbons (Fsp3) is 0.389. The summed E-state index contributed by atoms with van der Waals surface area (Å²) in [7, 11) is 1.61. The smallest absolute Gasteiger partial charge is 0.253 e. The van der Waals surface area contributed by atoms with Gasteiger partial charge in [-0.05, 0) is 37.1 Å². The van der Waals surface area contributed by atoms with Crippen LogP contribution in [0.3, 0.4) is 0 Å². The summed E-state index contributed by atoms with van der Waals surface area (Å²) in [6.45, 7) is 0.867. The molecule has 0 aliphatic heterocycles. The van der Waals surface area contributed by atoms with E-state index in [4.69, 9.17) is 4.74 Å². The van der Waals surface area contributed by atoms with Crippen molar-refractivity contribution >= 4 is 5.91 Å². The number of hydrogen-bond acceptors (Lipinski definition) is 4. The number of amides is 1. The van der Waals surface area contributed by atoms with E-state index in [0.717, 1.165) is 30.6 Å². The van der Waals surface area contributed by atoms with Gasteiger partial charge in [-0.25, -0.2) is 4.98 Å². The molecule has 6 nitrogen and oxygen atoms in total. The van der Waals surface area contributed by atoms with Gasteiger partial charge in [0.25, 0.3) is 5.56 Å². The zero-order valence-electron chi connectivity index (χ0n) is 13.7. The third-order valence-corrected chi connectivity index (χ3v) is 4.39. The van der Waals surface area contributed by atoms with E-state index in [2.05, 4.69) is 10.3 Å². The number of ether oxygens (including phenoxy) is 1. The number of hydrogen-bond donors (Lipinski definition) is 1. The van der Waals surface area contributed by atoms with Crippen molar-refractivity contribution in [2.24, 2.45) is 5.92 Å². The monoisotopic (exact) mass is 327 g/mol. The van der Waals surface area contributed by atoms with Crippen LogP contribution in [0.15, 0.2) is 41.5 Å². The average molecular weight is 327 g/mol. The van der Waals surface area contributed by atoms with Crippen LogP contribution in [0.5, 0.6) is 5.75 Å². The van der Waals surface area contributed by atoms with Gasteiger partial charge in [0.05, 0.1) is 19.1 Å². The normalized spacial score (nSPS) is 14.0. The number of nitrogens with one attached hydrogen (secondary N) is 1. The third-order valence-electron chi connectivity index (χ3n) is 4.39. The Morgan fingerprint density at radius 3 is 2.67 bits per heavy atom. The lowest BCUT2D eigenvalue weighted by Gasteiger charge is -2.24. The molecule has 0 bridgehead atoms. The highest BCUT2D eigenvalue weighted by Gasteiger charge is 2.24. The standard InChI is InChI=1S/C18H21N3O3/c1-24-15-7-5-13(6-8-15)16-11-17(22)21(12-20-16)10-9-19-18(23)14-3-2-4-14/h5-8,11-12,14H,2-4,9-10H2,1H3,(H,19,23). The molecular weight excluding hydrogens is 306 g/mol. The fourth-order valence-corrected chi connectivity index (χ4v) is 2.63. The quantitative estimate of drug-likeness (QED) is 0.878. The fourth-order valence-electron chi connectivity index (χ4n) is 2.63. The molecule has 1 aliphatic rings. The first-order chi connectivity index (χ1) is 11.7. The molecule has 3 rings (SSSR count). The number of rotatable bonds is 6. The maximum atomic E-state index is 12.2. The molecule has 0 saturated heterocycles. The summed E-state index contributed by atoms with van der Waals surface area (Å²) in [5.41, 5.74) is 1.35. The summed E-state index contributed by atoms with van der Waals surface area (Å²) in [5, 5.41) is 2.88. The molecule has 0 radical (unpaired) electrons. The van der Waals surface area contributed by atoms with Gasteiger partial charge in [-0.15, -0.1) is 0 Å². The van der Waals surface area contributed by atoms with Crippen LogP contribution in [0, 0.1) is 5.92 Å². The lowest BCUT2D eigenvalue weighted by molar-refractivity contribution is -0.127. The molecule has 1 aromatic carbocycles. The summed E-state index contributed by atoms with van der Waals surface area (Å²) < 4.78 is 6.63. The number of carbonyl (C=O) groups is 1. The first-order valence-corrected chi connectivity index (χ1v) is 8.16. The van der Waals surface area contributed by atoms with E-state index in [1.165, 1.54) is 17.0 Å². The summed E-state index contributed by atoms with van der Waals surface area (Å²) in [5.74, 6) is 1.02. The Morgan fingerprint density at radius 1 is 1.33 bits per heavy atom. The Balaban J connectivity index is 1.61. The molecule has 1 saturated carbocycles. The van der Waals surface area contributed by atoms with Crippen molar-refractivity contribution < 1.29 is 9.53 Å². The van der Waals surface area contributed by atoms with Crippen LogP contribution in [0.2, 0.25) is 0 Å². The third kappa shape index (κ3) is 3.64. The van der Waals surface area contributed by atoms with Crippen LogP contribution in [-0.2, 0) is 11.3 Å². The van der Waals surface area contributed by atoms with Gasteiger partial charge in [-0.3, -0.25) is 14.2 Å². The number of benzene rings is 1. The highest BCUT2D eigenvalue weighted by Crippen LogP contribution is 2.26. The lowest BCUT2D eigenvalue weighted by Crippen LogP contribution is -2.37. The van der Waals surface area contributed by atoms with Crippen molar-refractivity contribution in [1.29, 1.82) is 0 Å². The summed E-state index contributed by atoms with van der Waals surface area (Å²) in [6, 6.07) is 8.90. The van der Waals surface area contributed by atoms with Crippen LogP contribution < -0.4 is 15.6 Å². The molecule has 2 aromatic rings. The van der Waals surface area contributed by atoms with Gasteiger partial charge >= 0.3 is 0 Å². The zero-order valence-corrected chi connectivity index (χ0v) is 13.7. The predicted octanol–water partition coefficient (Wildman–Crippen LogP) is 1.84.